The summed E-state index contributed by atoms with van der Waals surface area (Å²) in [5.41, 5.74) is -0.906. The molecule has 0 radical (unpaired) electrons. The fourth-order valence-electron chi connectivity index (χ4n) is 2.87. The van der Waals surface area contributed by atoms with E-state index in [2.05, 4.69) is 6.92 Å². The van der Waals surface area contributed by atoms with Crippen LogP contribution in [0.1, 0.15) is 37.0 Å². The Morgan fingerprint density at radius 3 is 2.41 bits per heavy atom. The molecule has 0 aliphatic carbocycles. The molecule has 1 heterocycles. The molecule has 0 bridgehead atoms. The minimum Gasteiger partial charge on any atom is -0.449 e. The summed E-state index contributed by atoms with van der Waals surface area (Å²) in [7, 11) is -3.83. The second kappa shape index (κ2) is 8.03. The Hall–Kier alpha value is -2.49. The van der Waals surface area contributed by atoms with Crippen molar-refractivity contribution < 1.29 is 27.7 Å². The number of ether oxygens (including phenoxy) is 1. The molecule has 10 heteroatoms. The van der Waals surface area contributed by atoms with Gasteiger partial charge < -0.3 is 9.64 Å². The maximum absolute atomic E-state index is 12.4. The molecule has 1 aliphatic rings. The summed E-state index contributed by atoms with van der Waals surface area (Å²) in [5, 5.41) is 11.1. The lowest BCUT2D eigenvalue weighted by Gasteiger charge is -2.31. The van der Waals surface area contributed by atoms with Crippen molar-refractivity contribution >= 4 is 27.4 Å². The van der Waals surface area contributed by atoms with Gasteiger partial charge in [0.2, 0.25) is 0 Å². The zero-order valence-electron chi connectivity index (χ0n) is 15.4. The monoisotopic (exact) mass is 398 g/mol. The summed E-state index contributed by atoms with van der Waals surface area (Å²) in [6.07, 6.45) is 1.56. The van der Waals surface area contributed by atoms with Crippen LogP contribution >= 0.6 is 0 Å². The molecule has 0 saturated carbocycles. The number of nitrogens with zero attached hydrogens (tertiary/aromatic N) is 2. The molecule has 1 aromatic carbocycles. The quantitative estimate of drug-likeness (QED) is 0.421. The molecule has 1 atom stereocenters. The molecule has 0 spiro atoms. The molecule has 2 rings (SSSR count). The van der Waals surface area contributed by atoms with Gasteiger partial charge in [0, 0.05) is 25.4 Å². The number of esters is 1. The Labute approximate surface area is 157 Å². The number of nitro benzene ring substituents is 1. The van der Waals surface area contributed by atoms with Crippen LogP contribution in [0.5, 0.6) is 0 Å². The molecule has 0 N–H and O–H groups in total. The first kappa shape index (κ1) is 20.8. The van der Waals surface area contributed by atoms with E-state index in [1.165, 1.54) is 6.92 Å². The molecule has 1 saturated heterocycles. The SMILES string of the molecule is CC1CCN(C(=O)[C@@H](C)OC(=O)c2ccc(S(C)(=O)=O)c([N+](=O)[O-])c2)CC1. The summed E-state index contributed by atoms with van der Waals surface area (Å²) in [6, 6.07) is 2.96. The highest BCUT2D eigenvalue weighted by molar-refractivity contribution is 7.90. The summed E-state index contributed by atoms with van der Waals surface area (Å²) in [6.45, 7) is 4.74. The van der Waals surface area contributed by atoms with E-state index in [4.69, 9.17) is 4.74 Å². The Morgan fingerprint density at radius 2 is 1.89 bits per heavy atom. The average Bonchev–Trinajstić information content (AvgIpc) is 2.60. The summed E-state index contributed by atoms with van der Waals surface area (Å²) < 4.78 is 28.4. The first-order valence-corrected chi connectivity index (χ1v) is 10.4. The second-order valence-electron chi connectivity index (χ2n) is 6.77. The van der Waals surface area contributed by atoms with Gasteiger partial charge in [0.1, 0.15) is 4.90 Å². The van der Waals surface area contributed by atoms with Gasteiger partial charge in [0.05, 0.1) is 10.5 Å². The molecule has 9 nitrogen and oxygen atoms in total. The minimum absolute atomic E-state index is 0.194. The van der Waals surface area contributed by atoms with Crippen molar-refractivity contribution in [2.24, 2.45) is 5.92 Å². The number of benzene rings is 1. The third kappa shape index (κ3) is 5.03. The van der Waals surface area contributed by atoms with Gasteiger partial charge in [-0.3, -0.25) is 14.9 Å². The topological polar surface area (TPSA) is 124 Å². The van der Waals surface area contributed by atoms with E-state index in [0.717, 1.165) is 37.3 Å². The minimum atomic E-state index is -3.83. The number of likely N-dealkylation sites (tertiary alicyclic amines) is 1. The largest absolute Gasteiger partial charge is 0.449 e. The lowest BCUT2D eigenvalue weighted by Crippen LogP contribution is -2.44. The summed E-state index contributed by atoms with van der Waals surface area (Å²) in [5.74, 6) is -0.706. The third-order valence-corrected chi connectivity index (χ3v) is 5.66. The Bertz CT molecular complexity index is 858. The first-order valence-electron chi connectivity index (χ1n) is 8.49. The number of amides is 1. The van der Waals surface area contributed by atoms with E-state index < -0.39 is 37.4 Å². The van der Waals surface area contributed by atoms with E-state index in [9.17, 15) is 28.1 Å². The Balaban J connectivity index is 2.14. The van der Waals surface area contributed by atoms with Crippen LogP contribution in [-0.2, 0) is 19.4 Å². The van der Waals surface area contributed by atoms with Crippen LogP contribution in [0.4, 0.5) is 5.69 Å². The maximum atomic E-state index is 12.4. The van der Waals surface area contributed by atoms with Crippen molar-refractivity contribution in [1.29, 1.82) is 0 Å². The van der Waals surface area contributed by atoms with Gasteiger partial charge in [-0.15, -0.1) is 0 Å². The molecule has 1 aromatic rings. The van der Waals surface area contributed by atoms with Gasteiger partial charge in [-0.05, 0) is 37.8 Å². The standard InChI is InChI=1S/C17H22N2O7S/c1-11-6-8-18(9-7-11)16(20)12(2)26-17(21)13-4-5-15(27(3,24)25)14(10-13)19(22)23/h4-5,10-12H,6-9H2,1-3H3/t12-/m1/s1. The maximum Gasteiger partial charge on any atom is 0.339 e. The lowest BCUT2D eigenvalue weighted by atomic mass is 9.99. The van der Waals surface area contributed by atoms with Gasteiger partial charge in [0.15, 0.2) is 15.9 Å². The molecule has 1 fully saturated rings. The van der Waals surface area contributed by atoms with Crippen molar-refractivity contribution in [1.82, 2.24) is 4.90 Å². The van der Waals surface area contributed by atoms with Crippen LogP contribution in [-0.4, -0.2) is 55.6 Å². The van der Waals surface area contributed by atoms with E-state index in [0.29, 0.717) is 19.0 Å². The number of piperidine rings is 1. The fourth-order valence-corrected chi connectivity index (χ4v) is 3.69. The zero-order chi connectivity index (χ0) is 20.4. The number of nitro groups is 1. The highest BCUT2D eigenvalue weighted by Crippen LogP contribution is 2.25. The Kier molecular flexibility index (Phi) is 6.19. The lowest BCUT2D eigenvalue weighted by molar-refractivity contribution is -0.387. The van der Waals surface area contributed by atoms with Gasteiger partial charge in [0.25, 0.3) is 11.6 Å². The number of hydrogen-bond donors (Lipinski definition) is 0. The molecule has 27 heavy (non-hydrogen) atoms. The smallest absolute Gasteiger partial charge is 0.339 e. The summed E-state index contributed by atoms with van der Waals surface area (Å²) >= 11 is 0. The molecule has 0 unspecified atom stereocenters. The third-order valence-electron chi connectivity index (χ3n) is 4.52. The first-order chi connectivity index (χ1) is 12.5. The van der Waals surface area contributed by atoms with Crippen molar-refractivity contribution in [3.05, 3.63) is 33.9 Å². The fraction of sp³-hybridized carbons (Fsp3) is 0.529. The normalized spacial score (nSPS) is 16.6. The van der Waals surface area contributed by atoms with Crippen molar-refractivity contribution in [3.8, 4) is 0 Å². The zero-order valence-corrected chi connectivity index (χ0v) is 16.2. The van der Waals surface area contributed by atoms with Gasteiger partial charge in [-0.2, -0.15) is 0 Å². The van der Waals surface area contributed by atoms with Crippen molar-refractivity contribution in [2.45, 2.75) is 37.7 Å². The van der Waals surface area contributed by atoms with Crippen LogP contribution in [0.25, 0.3) is 0 Å². The molecular weight excluding hydrogens is 376 g/mol. The number of rotatable bonds is 5. The predicted octanol–water partition coefficient (Wildman–Crippen LogP) is 1.80. The number of sulfone groups is 1. The van der Waals surface area contributed by atoms with E-state index >= 15 is 0 Å². The molecule has 1 amide bonds. The van der Waals surface area contributed by atoms with Crippen molar-refractivity contribution in [3.63, 3.8) is 0 Å². The number of carbonyl (C=O) groups is 2. The van der Waals surface area contributed by atoms with Crippen molar-refractivity contribution in [2.75, 3.05) is 19.3 Å². The number of hydrogen-bond acceptors (Lipinski definition) is 7. The predicted molar refractivity (Wildman–Crippen MR) is 96.1 cm³/mol. The second-order valence-corrected chi connectivity index (χ2v) is 8.75. The van der Waals surface area contributed by atoms with Crippen LogP contribution in [0.3, 0.4) is 0 Å². The van der Waals surface area contributed by atoms with E-state index in [1.54, 1.807) is 4.90 Å². The van der Waals surface area contributed by atoms with Crippen LogP contribution in [0.2, 0.25) is 0 Å². The van der Waals surface area contributed by atoms with E-state index in [1.807, 2.05) is 0 Å². The highest BCUT2D eigenvalue weighted by atomic mass is 32.2. The molecular formula is C17H22N2O7S. The van der Waals surface area contributed by atoms with Crippen LogP contribution < -0.4 is 0 Å². The average molecular weight is 398 g/mol. The van der Waals surface area contributed by atoms with Gasteiger partial charge in [-0.1, -0.05) is 6.92 Å². The molecule has 148 valence electrons. The van der Waals surface area contributed by atoms with E-state index in [-0.39, 0.29) is 11.5 Å². The Morgan fingerprint density at radius 1 is 1.30 bits per heavy atom. The molecule has 0 aromatic heterocycles. The van der Waals surface area contributed by atoms with Gasteiger partial charge >= 0.3 is 5.97 Å². The van der Waals surface area contributed by atoms with Crippen LogP contribution in [0.15, 0.2) is 23.1 Å². The highest BCUT2D eigenvalue weighted by Gasteiger charge is 2.29. The van der Waals surface area contributed by atoms with Gasteiger partial charge in [-0.25, -0.2) is 13.2 Å². The van der Waals surface area contributed by atoms with Crippen LogP contribution in [0, 0.1) is 16.0 Å². The number of carbonyl (C=O) groups excluding carboxylic acids is 2. The molecule has 1 aliphatic heterocycles. The summed E-state index contributed by atoms with van der Waals surface area (Å²) in [4.78, 5) is 36.1.